The third-order valence-electron chi connectivity index (χ3n) is 19.6. The molecule has 0 saturated carbocycles. The van der Waals surface area contributed by atoms with Gasteiger partial charge in [0, 0.05) is 34.3 Å². The topological polar surface area (TPSA) is 50.8 Å². The zero-order valence-electron chi connectivity index (χ0n) is 51.9. The van der Waals surface area contributed by atoms with E-state index < -0.39 is 0 Å². The van der Waals surface area contributed by atoms with E-state index in [0.29, 0.717) is 0 Å². The van der Waals surface area contributed by atoms with E-state index >= 15 is 0 Å². The molecule has 420 valence electrons. The van der Waals surface area contributed by atoms with Crippen LogP contribution in [-0.4, -0.2) is 41.8 Å². The Labute approximate surface area is 519 Å². The van der Waals surface area contributed by atoms with Crippen molar-refractivity contribution >= 4 is 114 Å². The number of fused-ring (bicyclic) bond motifs is 7. The first-order valence-corrected chi connectivity index (χ1v) is 31.2. The summed E-state index contributed by atoms with van der Waals surface area (Å²) in [6, 6.07) is 76.9. The van der Waals surface area contributed by atoms with Crippen LogP contribution in [0, 0.1) is 69.2 Å². The summed E-state index contributed by atoms with van der Waals surface area (Å²) in [6.07, 6.45) is 3.87. The van der Waals surface area contributed by atoms with Gasteiger partial charge in [-0.05, 0) is 122 Å². The summed E-state index contributed by atoms with van der Waals surface area (Å²) in [5, 5.41) is 2.20. The maximum atomic E-state index is 7.74. The molecule has 0 atom stereocenters. The number of nitrogens with one attached hydrogen (secondary N) is 1. The van der Waals surface area contributed by atoms with Crippen LogP contribution in [0.25, 0.3) is 55.4 Å². The molecule has 2 aliphatic heterocycles. The van der Waals surface area contributed by atoms with Crippen molar-refractivity contribution in [2.24, 2.45) is 0 Å². The van der Waals surface area contributed by atoms with Crippen LogP contribution in [0.1, 0.15) is 55.6 Å². The lowest BCUT2D eigenvalue weighted by atomic mass is 9.20. The van der Waals surface area contributed by atoms with Crippen LogP contribution in [0.5, 0.6) is 11.5 Å². The fraction of sp³-hybridized carbons (Fsp3) is 0.125. The Kier molecular flexibility index (Phi) is 13.5. The second-order valence-electron chi connectivity index (χ2n) is 25.3. The van der Waals surface area contributed by atoms with Crippen LogP contribution >= 0.6 is 0 Å². The van der Waals surface area contributed by atoms with Crippen LogP contribution in [0.4, 0.5) is 0 Å². The molecule has 2 aliphatic rings. The third-order valence-corrected chi connectivity index (χ3v) is 19.6. The van der Waals surface area contributed by atoms with Crippen molar-refractivity contribution in [1.82, 2.24) is 15.0 Å². The summed E-state index contributed by atoms with van der Waals surface area (Å²) in [4.78, 5) is 14.2. The molecule has 0 bridgehead atoms. The van der Waals surface area contributed by atoms with Crippen molar-refractivity contribution in [1.29, 1.82) is 0 Å². The number of ether oxygens (including phenoxy) is 1. The van der Waals surface area contributed by atoms with E-state index in [4.69, 9.17) is 14.7 Å². The molecule has 0 fully saturated rings. The molecule has 13 aromatic rings. The van der Waals surface area contributed by atoms with E-state index in [1.54, 1.807) is 0 Å². The second kappa shape index (κ2) is 21.6. The number of para-hydroxylation sites is 2. The van der Waals surface area contributed by atoms with E-state index in [2.05, 4.69) is 274 Å². The Hall–Kier alpha value is -9.64. The van der Waals surface area contributed by atoms with Gasteiger partial charge in [0.15, 0.2) is 5.75 Å². The maximum absolute atomic E-state index is 7.74. The molecule has 0 amide bonds. The highest BCUT2D eigenvalue weighted by atomic mass is 16.5. The number of aryl methyl sites for hydroxylation is 10. The molecular weight excluding hydrogens is 1060 g/mol. The van der Waals surface area contributed by atoms with Crippen molar-refractivity contribution in [2.45, 2.75) is 69.2 Å². The normalized spacial score (nSPS) is 12.6. The highest BCUT2D eigenvalue weighted by Gasteiger charge is 2.44. The number of aromatic nitrogens is 3. The lowest BCUT2D eigenvalue weighted by Crippen LogP contribution is -2.76. The summed E-state index contributed by atoms with van der Waals surface area (Å²) in [5.74, 6) is 1.57. The fourth-order valence-electron chi connectivity index (χ4n) is 16.1. The maximum Gasteiger partial charge on any atom is 0.245 e. The van der Waals surface area contributed by atoms with Crippen LogP contribution < -0.4 is 70.3 Å². The minimum absolute atomic E-state index is 0.0636. The predicted octanol–water partition coefficient (Wildman–Crippen LogP) is 10.7. The zero-order chi connectivity index (χ0) is 60.2. The Bertz CT molecular complexity index is 4920. The van der Waals surface area contributed by atoms with Gasteiger partial charge in [-0.25, -0.2) is 0 Å². The average molecular weight is 1130 g/mol. The number of hydrogen-bond donors (Lipinski definition) is 1. The Balaban J connectivity index is 0.894. The first-order chi connectivity index (χ1) is 42.8. The SMILES string of the molecule is Cc1cc(C)c(B2c3ccccc3B(c3c(C)cc(C)cc3C)c3c(Oc4cccc5c4[nH]c4c(-c6cc(-c7ccc8c(c7)B(c7c(C)cccc7C)c7ccccc7B8c7c(C)cccc7C)ccn6)cccc45)cc(-c4ccccn4)cc32)c(C)c1. The number of rotatable bonds is 9. The molecule has 88 heavy (non-hydrogen) atoms. The molecule has 5 heterocycles. The summed E-state index contributed by atoms with van der Waals surface area (Å²) >= 11 is 0. The number of hydrogen-bond acceptors (Lipinski definition) is 3. The first-order valence-electron chi connectivity index (χ1n) is 31.2. The van der Waals surface area contributed by atoms with Gasteiger partial charge >= 0.3 is 0 Å². The minimum Gasteiger partial charge on any atom is -0.456 e. The van der Waals surface area contributed by atoms with E-state index in [1.165, 1.54) is 127 Å². The average Bonchev–Trinajstić information content (AvgIpc) is 0.892. The van der Waals surface area contributed by atoms with Gasteiger partial charge in [0.25, 0.3) is 0 Å². The Morgan fingerprint density at radius 3 is 1.35 bits per heavy atom. The van der Waals surface area contributed by atoms with Crippen LogP contribution in [0.2, 0.25) is 0 Å². The van der Waals surface area contributed by atoms with Crippen molar-refractivity contribution in [2.75, 3.05) is 0 Å². The van der Waals surface area contributed by atoms with Crippen molar-refractivity contribution in [3.63, 3.8) is 0 Å². The van der Waals surface area contributed by atoms with Crippen LogP contribution in [0.15, 0.2) is 219 Å². The van der Waals surface area contributed by atoms with Gasteiger partial charge < -0.3 is 9.72 Å². The lowest BCUT2D eigenvalue weighted by molar-refractivity contribution is 0.491. The smallest absolute Gasteiger partial charge is 0.245 e. The van der Waals surface area contributed by atoms with Crippen molar-refractivity contribution in [3.05, 3.63) is 274 Å². The van der Waals surface area contributed by atoms with E-state index in [9.17, 15) is 0 Å². The number of nitrogens with zero attached hydrogens (tertiary/aromatic N) is 2. The summed E-state index contributed by atoms with van der Waals surface area (Å²) in [7, 11) is 0. The highest BCUT2D eigenvalue weighted by Crippen LogP contribution is 2.39. The van der Waals surface area contributed by atoms with Gasteiger partial charge in [0.05, 0.1) is 22.4 Å². The van der Waals surface area contributed by atoms with Gasteiger partial charge in [-0.3, -0.25) is 9.97 Å². The minimum atomic E-state index is -0.115. The van der Waals surface area contributed by atoms with Crippen LogP contribution in [-0.2, 0) is 0 Å². The van der Waals surface area contributed by atoms with Crippen molar-refractivity contribution < 1.29 is 4.74 Å². The molecule has 0 unspecified atom stereocenters. The standard InChI is InChI=1S/C80H67B4N3O/c1-47-39-53(7)76(54(8)40-47)83-65-30-13-14-31-66(65)84(77-55(9)41-48(2)42-56(77)10)78-69(83)44-59(70-32-15-16-37-85-70)46-73(78)88-72-33-20-26-61-60-25-19-27-62(79(60)87-80(61)72)71-45-58(36-38-86-71)57-34-35-67-68(43-57)82(75-51(5)23-18-24-52(75)6)64-29-12-11-28-63(64)81(67)74-49(3)21-17-22-50(74)4/h11-46,87H,1-10H3. The number of benzene rings is 10. The lowest BCUT2D eigenvalue weighted by Gasteiger charge is -2.36. The van der Waals surface area contributed by atoms with Crippen molar-refractivity contribution in [3.8, 4) is 45.1 Å². The molecule has 0 aliphatic carbocycles. The summed E-state index contributed by atoms with van der Waals surface area (Å²) in [5.41, 5.74) is 36.9. The van der Waals surface area contributed by atoms with E-state index in [0.717, 1.165) is 61.4 Å². The third kappa shape index (κ3) is 9.01. The molecule has 0 spiro atoms. The van der Waals surface area contributed by atoms with Gasteiger partial charge in [-0.1, -0.05) is 286 Å². The monoisotopic (exact) mass is 1130 g/mol. The quantitative estimate of drug-likeness (QED) is 0.147. The molecule has 0 saturated heterocycles. The largest absolute Gasteiger partial charge is 0.456 e. The van der Waals surface area contributed by atoms with Gasteiger partial charge in [0.2, 0.25) is 26.9 Å². The molecule has 0 radical (unpaired) electrons. The van der Waals surface area contributed by atoms with Gasteiger partial charge in [0.1, 0.15) is 5.75 Å². The summed E-state index contributed by atoms with van der Waals surface area (Å²) in [6.45, 7) is 22.6. The second-order valence-corrected chi connectivity index (χ2v) is 25.3. The number of aromatic amines is 1. The Morgan fingerprint density at radius 1 is 0.295 bits per heavy atom. The van der Waals surface area contributed by atoms with Gasteiger partial charge in [-0.2, -0.15) is 0 Å². The predicted molar refractivity (Wildman–Crippen MR) is 379 cm³/mol. The van der Waals surface area contributed by atoms with Crippen LogP contribution in [0.3, 0.4) is 0 Å². The number of H-pyrrole nitrogens is 1. The zero-order valence-corrected chi connectivity index (χ0v) is 51.9. The Morgan fingerprint density at radius 2 is 0.761 bits per heavy atom. The fourth-order valence-corrected chi connectivity index (χ4v) is 16.1. The van der Waals surface area contributed by atoms with E-state index in [-0.39, 0.29) is 26.9 Å². The molecule has 8 heteroatoms. The summed E-state index contributed by atoms with van der Waals surface area (Å²) < 4.78 is 7.74. The highest BCUT2D eigenvalue weighted by molar-refractivity contribution is 7.13. The van der Waals surface area contributed by atoms with Gasteiger partial charge in [-0.15, -0.1) is 0 Å². The molecule has 10 aromatic carbocycles. The molecule has 1 N–H and O–H groups in total. The molecule has 4 nitrogen and oxygen atoms in total. The first kappa shape index (κ1) is 55.0. The number of pyridine rings is 2. The van der Waals surface area contributed by atoms with E-state index in [1.807, 2.05) is 18.5 Å². The molecule has 15 rings (SSSR count). The molecular formula is C80H67B4N3O. The molecule has 3 aromatic heterocycles.